The van der Waals surface area contributed by atoms with Gasteiger partial charge in [-0.3, -0.25) is 9.59 Å². The molecule has 0 aliphatic carbocycles. The molecule has 178 valence electrons. The molecule has 1 aliphatic heterocycles. The molecular formula is C28H32N2O3S. The molecule has 4 rings (SSSR count). The molecule has 5 nitrogen and oxygen atoms in total. The maximum Gasteiger partial charge on any atom is 0.254 e. The summed E-state index contributed by atoms with van der Waals surface area (Å²) in [5.41, 5.74) is 3.02. The van der Waals surface area contributed by atoms with Gasteiger partial charge in [0.15, 0.2) is 0 Å². The lowest BCUT2D eigenvalue weighted by Crippen LogP contribution is -2.47. The van der Waals surface area contributed by atoms with Crippen molar-refractivity contribution in [1.29, 1.82) is 0 Å². The molecule has 3 aromatic rings. The van der Waals surface area contributed by atoms with Crippen LogP contribution in [0, 0.1) is 0 Å². The lowest BCUT2D eigenvalue weighted by atomic mass is 10.00. The molecule has 6 heteroatoms. The van der Waals surface area contributed by atoms with Crippen LogP contribution in [0.4, 0.5) is 0 Å². The number of fused-ring (bicyclic) bond motifs is 1. The second-order valence-corrected chi connectivity index (χ2v) is 9.87. The number of thiophene rings is 1. The van der Waals surface area contributed by atoms with Gasteiger partial charge in [0.25, 0.3) is 5.91 Å². The van der Waals surface area contributed by atoms with Crippen molar-refractivity contribution in [3.8, 4) is 5.75 Å². The summed E-state index contributed by atoms with van der Waals surface area (Å²) in [6.07, 6.45) is 0.830. The molecule has 0 saturated carbocycles. The number of ether oxygens (including phenoxy) is 1. The second-order valence-electron chi connectivity index (χ2n) is 8.87. The van der Waals surface area contributed by atoms with Crippen LogP contribution in [0.25, 0.3) is 0 Å². The molecule has 1 atom stereocenters. The SMILES string of the molecule is CCN(CC(=O)N1CCc2sccc2C1COc1ccc(C(C)C)cc1)C(=O)c1ccccc1. The predicted octanol–water partition coefficient (Wildman–Crippen LogP) is 5.54. The largest absolute Gasteiger partial charge is 0.491 e. The first-order valence-corrected chi connectivity index (χ1v) is 12.8. The Morgan fingerprint density at radius 1 is 1.09 bits per heavy atom. The van der Waals surface area contributed by atoms with Crippen molar-refractivity contribution in [2.45, 2.75) is 39.2 Å². The number of carbonyl (C=O) groups excluding carboxylic acids is 2. The highest BCUT2D eigenvalue weighted by Gasteiger charge is 2.33. The molecule has 0 saturated heterocycles. The highest BCUT2D eigenvalue weighted by Crippen LogP contribution is 2.34. The third-order valence-electron chi connectivity index (χ3n) is 6.39. The fourth-order valence-corrected chi connectivity index (χ4v) is 5.27. The van der Waals surface area contributed by atoms with E-state index in [2.05, 4.69) is 37.4 Å². The second kappa shape index (κ2) is 10.9. The van der Waals surface area contributed by atoms with Gasteiger partial charge >= 0.3 is 0 Å². The first-order valence-electron chi connectivity index (χ1n) is 11.9. The lowest BCUT2D eigenvalue weighted by molar-refractivity contribution is -0.135. The third kappa shape index (κ3) is 5.33. The minimum Gasteiger partial charge on any atom is -0.491 e. The van der Waals surface area contributed by atoms with E-state index in [9.17, 15) is 9.59 Å². The standard InChI is InChI=1S/C28H32N2O3S/c1-4-29(28(32)22-8-6-5-7-9-22)18-27(31)30-16-14-26-24(15-17-34-26)25(30)19-33-23-12-10-21(11-13-23)20(2)3/h5-13,15,17,20,25H,4,14,16,18-19H2,1-3H3. The summed E-state index contributed by atoms with van der Waals surface area (Å²) in [6, 6.07) is 19.2. The van der Waals surface area contributed by atoms with Gasteiger partial charge in [-0.05, 0) is 66.1 Å². The van der Waals surface area contributed by atoms with Crippen molar-refractivity contribution in [1.82, 2.24) is 9.80 Å². The smallest absolute Gasteiger partial charge is 0.254 e. The number of hydrogen-bond acceptors (Lipinski definition) is 4. The molecule has 34 heavy (non-hydrogen) atoms. The van der Waals surface area contributed by atoms with Crippen molar-refractivity contribution in [3.05, 3.63) is 87.6 Å². The summed E-state index contributed by atoms with van der Waals surface area (Å²) in [6.45, 7) is 7.79. The Labute approximate surface area is 206 Å². The van der Waals surface area contributed by atoms with Crippen LogP contribution in [0.15, 0.2) is 66.0 Å². The normalized spacial score (nSPS) is 15.2. The van der Waals surface area contributed by atoms with Crippen LogP contribution < -0.4 is 4.74 Å². The van der Waals surface area contributed by atoms with E-state index in [-0.39, 0.29) is 24.4 Å². The van der Waals surface area contributed by atoms with Crippen molar-refractivity contribution in [3.63, 3.8) is 0 Å². The van der Waals surface area contributed by atoms with Crippen molar-refractivity contribution in [2.75, 3.05) is 26.2 Å². The van der Waals surface area contributed by atoms with Crippen LogP contribution in [0.5, 0.6) is 5.75 Å². The fraction of sp³-hybridized carbons (Fsp3) is 0.357. The predicted molar refractivity (Wildman–Crippen MR) is 137 cm³/mol. The van der Waals surface area contributed by atoms with Crippen LogP contribution in [0.3, 0.4) is 0 Å². The number of hydrogen-bond donors (Lipinski definition) is 0. The van der Waals surface area contributed by atoms with Crippen LogP contribution in [-0.4, -0.2) is 47.9 Å². The third-order valence-corrected chi connectivity index (χ3v) is 7.38. The maximum atomic E-state index is 13.5. The lowest BCUT2D eigenvalue weighted by Gasteiger charge is -2.37. The number of carbonyl (C=O) groups is 2. The van der Waals surface area contributed by atoms with E-state index in [0.29, 0.717) is 31.2 Å². The average molecular weight is 477 g/mol. The summed E-state index contributed by atoms with van der Waals surface area (Å²) in [5, 5.41) is 2.08. The zero-order valence-corrected chi connectivity index (χ0v) is 20.9. The zero-order chi connectivity index (χ0) is 24.1. The minimum atomic E-state index is -0.169. The average Bonchev–Trinajstić information content (AvgIpc) is 3.35. The maximum absolute atomic E-state index is 13.5. The van der Waals surface area contributed by atoms with Gasteiger partial charge in [-0.2, -0.15) is 0 Å². The van der Waals surface area contributed by atoms with E-state index >= 15 is 0 Å². The zero-order valence-electron chi connectivity index (χ0n) is 20.1. The van der Waals surface area contributed by atoms with Gasteiger partial charge in [-0.25, -0.2) is 0 Å². The van der Waals surface area contributed by atoms with E-state index in [0.717, 1.165) is 17.7 Å². The number of rotatable bonds is 8. The van der Waals surface area contributed by atoms with Gasteiger partial charge in [0.05, 0.1) is 6.04 Å². The molecule has 1 aliphatic rings. The monoisotopic (exact) mass is 476 g/mol. The molecular weight excluding hydrogens is 444 g/mol. The Kier molecular flexibility index (Phi) is 7.68. The molecule has 0 spiro atoms. The minimum absolute atomic E-state index is 0.0493. The van der Waals surface area contributed by atoms with Gasteiger partial charge in [-0.1, -0.05) is 44.2 Å². The van der Waals surface area contributed by atoms with Crippen molar-refractivity contribution < 1.29 is 14.3 Å². The van der Waals surface area contributed by atoms with Gasteiger partial charge in [0.2, 0.25) is 5.91 Å². The molecule has 1 aromatic heterocycles. The molecule has 2 aromatic carbocycles. The Morgan fingerprint density at radius 2 is 1.82 bits per heavy atom. The Morgan fingerprint density at radius 3 is 2.50 bits per heavy atom. The van der Waals surface area contributed by atoms with E-state index in [4.69, 9.17) is 4.74 Å². The van der Waals surface area contributed by atoms with E-state index in [1.807, 2.05) is 42.2 Å². The van der Waals surface area contributed by atoms with Crippen LogP contribution >= 0.6 is 11.3 Å². The first kappa shape index (κ1) is 24.0. The first-order chi connectivity index (χ1) is 16.5. The number of amides is 2. The molecule has 2 amide bonds. The van der Waals surface area contributed by atoms with Gasteiger partial charge in [0, 0.05) is 23.5 Å². The fourth-order valence-electron chi connectivity index (χ4n) is 4.34. The summed E-state index contributed by atoms with van der Waals surface area (Å²) in [7, 11) is 0. The summed E-state index contributed by atoms with van der Waals surface area (Å²) < 4.78 is 6.17. The summed E-state index contributed by atoms with van der Waals surface area (Å²) in [4.78, 5) is 31.2. The number of likely N-dealkylation sites (N-methyl/N-ethyl adjacent to an activating group) is 1. The summed E-state index contributed by atoms with van der Waals surface area (Å²) in [5.74, 6) is 1.09. The van der Waals surface area contributed by atoms with E-state index < -0.39 is 0 Å². The Balaban J connectivity index is 1.48. The Bertz CT molecular complexity index is 1110. The van der Waals surface area contributed by atoms with Crippen molar-refractivity contribution >= 4 is 23.2 Å². The van der Waals surface area contributed by atoms with E-state index in [1.165, 1.54) is 10.4 Å². The van der Waals surface area contributed by atoms with Crippen LogP contribution in [0.1, 0.15) is 59.1 Å². The van der Waals surface area contributed by atoms with Crippen LogP contribution in [-0.2, 0) is 11.2 Å². The molecule has 0 radical (unpaired) electrons. The molecule has 1 unspecified atom stereocenters. The van der Waals surface area contributed by atoms with E-state index in [1.54, 1.807) is 28.4 Å². The molecule has 0 fully saturated rings. The number of nitrogens with zero attached hydrogens (tertiary/aromatic N) is 2. The highest BCUT2D eigenvalue weighted by molar-refractivity contribution is 7.10. The highest BCUT2D eigenvalue weighted by atomic mass is 32.1. The van der Waals surface area contributed by atoms with Gasteiger partial charge in [-0.15, -0.1) is 11.3 Å². The Hall–Kier alpha value is -3.12. The summed E-state index contributed by atoms with van der Waals surface area (Å²) >= 11 is 1.73. The quantitative estimate of drug-likeness (QED) is 0.429. The van der Waals surface area contributed by atoms with Gasteiger partial charge in [0.1, 0.15) is 18.9 Å². The van der Waals surface area contributed by atoms with Crippen molar-refractivity contribution in [2.24, 2.45) is 0 Å². The molecule has 0 N–H and O–H groups in total. The molecule has 0 bridgehead atoms. The number of benzene rings is 2. The molecule has 2 heterocycles. The topological polar surface area (TPSA) is 49.9 Å². The van der Waals surface area contributed by atoms with Gasteiger partial charge < -0.3 is 14.5 Å². The van der Waals surface area contributed by atoms with Crippen LogP contribution in [0.2, 0.25) is 0 Å².